The van der Waals surface area contributed by atoms with E-state index in [0.717, 1.165) is 5.56 Å². The summed E-state index contributed by atoms with van der Waals surface area (Å²) in [7, 11) is 0. The molecule has 2 rings (SSSR count). The first-order valence-electron chi connectivity index (χ1n) is 8.48. The number of hydrogen-bond acceptors (Lipinski definition) is 6. The van der Waals surface area contributed by atoms with Gasteiger partial charge in [0.15, 0.2) is 11.5 Å². The maximum atomic E-state index is 11.9. The minimum Gasteiger partial charge on any atom is -0.490 e. The Labute approximate surface area is 157 Å². The molecule has 0 bridgehead atoms. The maximum absolute atomic E-state index is 11.9. The third-order valence-electron chi connectivity index (χ3n) is 3.48. The number of carbonyl (C=O) groups excluding carboxylic acids is 1. The number of hydrazone groups is 1. The van der Waals surface area contributed by atoms with Crippen LogP contribution in [0.3, 0.4) is 0 Å². The normalized spacial score (nSPS) is 10.6. The van der Waals surface area contributed by atoms with E-state index in [-0.39, 0.29) is 18.0 Å². The van der Waals surface area contributed by atoms with Gasteiger partial charge < -0.3 is 9.47 Å². The van der Waals surface area contributed by atoms with Crippen molar-refractivity contribution in [1.29, 1.82) is 0 Å². The van der Waals surface area contributed by atoms with Gasteiger partial charge >= 0.3 is 0 Å². The van der Waals surface area contributed by atoms with E-state index in [4.69, 9.17) is 9.47 Å². The number of nitro groups is 1. The molecule has 0 heterocycles. The van der Waals surface area contributed by atoms with Gasteiger partial charge in [-0.25, -0.2) is 5.43 Å². The van der Waals surface area contributed by atoms with E-state index in [9.17, 15) is 14.9 Å². The lowest BCUT2D eigenvalue weighted by molar-refractivity contribution is -0.384. The quantitative estimate of drug-likeness (QED) is 0.414. The Kier molecular flexibility index (Phi) is 7.30. The van der Waals surface area contributed by atoms with Gasteiger partial charge in [-0.2, -0.15) is 5.10 Å². The smallest absolute Gasteiger partial charge is 0.269 e. The molecule has 1 N–H and O–H groups in total. The summed E-state index contributed by atoms with van der Waals surface area (Å²) in [5.41, 5.74) is 3.82. The molecule has 0 unspecified atom stereocenters. The number of hydrogen-bond donors (Lipinski definition) is 1. The van der Waals surface area contributed by atoms with Crippen molar-refractivity contribution in [2.45, 2.75) is 20.3 Å². The lowest BCUT2D eigenvalue weighted by Crippen LogP contribution is -2.19. The van der Waals surface area contributed by atoms with Crippen molar-refractivity contribution in [1.82, 2.24) is 5.43 Å². The molecule has 8 nitrogen and oxygen atoms in total. The number of nitro benzene ring substituents is 1. The highest BCUT2D eigenvalue weighted by Crippen LogP contribution is 2.27. The van der Waals surface area contributed by atoms with E-state index in [1.807, 2.05) is 13.8 Å². The summed E-state index contributed by atoms with van der Waals surface area (Å²) >= 11 is 0. The van der Waals surface area contributed by atoms with Crippen LogP contribution in [0.2, 0.25) is 0 Å². The van der Waals surface area contributed by atoms with Crippen molar-refractivity contribution < 1.29 is 19.2 Å². The number of amides is 1. The van der Waals surface area contributed by atoms with Crippen molar-refractivity contribution in [3.63, 3.8) is 0 Å². The molecule has 0 aliphatic carbocycles. The molecule has 0 fully saturated rings. The number of benzene rings is 2. The van der Waals surface area contributed by atoms with E-state index in [1.54, 1.807) is 30.3 Å². The Hall–Kier alpha value is -3.42. The zero-order valence-corrected chi connectivity index (χ0v) is 15.2. The van der Waals surface area contributed by atoms with Crippen molar-refractivity contribution in [2.24, 2.45) is 5.10 Å². The largest absolute Gasteiger partial charge is 0.490 e. The van der Waals surface area contributed by atoms with E-state index >= 15 is 0 Å². The molecule has 2 aromatic rings. The average molecular weight is 371 g/mol. The summed E-state index contributed by atoms with van der Waals surface area (Å²) in [5, 5.41) is 14.6. The SMILES string of the molecule is CCOc1ccc(/C=N\NC(=O)Cc2ccc([N+](=O)[O-])cc2)cc1OCC. The van der Waals surface area contributed by atoms with Gasteiger partial charge in [-0.15, -0.1) is 0 Å². The van der Waals surface area contributed by atoms with Gasteiger partial charge in [-0.3, -0.25) is 14.9 Å². The number of rotatable bonds is 9. The molecule has 0 aliphatic heterocycles. The summed E-state index contributed by atoms with van der Waals surface area (Å²) in [4.78, 5) is 22.1. The maximum Gasteiger partial charge on any atom is 0.269 e. The van der Waals surface area contributed by atoms with Crippen LogP contribution in [0.15, 0.2) is 47.6 Å². The number of nitrogens with zero attached hydrogens (tertiary/aromatic N) is 2. The van der Waals surface area contributed by atoms with E-state index in [2.05, 4.69) is 10.5 Å². The zero-order valence-electron chi connectivity index (χ0n) is 15.2. The lowest BCUT2D eigenvalue weighted by Gasteiger charge is -2.11. The fourth-order valence-electron chi connectivity index (χ4n) is 2.29. The minimum absolute atomic E-state index is 0.0159. The van der Waals surface area contributed by atoms with Crippen LogP contribution < -0.4 is 14.9 Å². The van der Waals surface area contributed by atoms with Gasteiger partial charge in [-0.05, 0) is 43.2 Å². The van der Waals surface area contributed by atoms with Gasteiger partial charge in [0, 0.05) is 12.1 Å². The Morgan fingerprint density at radius 2 is 1.78 bits per heavy atom. The summed E-state index contributed by atoms with van der Waals surface area (Å²) < 4.78 is 11.0. The van der Waals surface area contributed by atoms with Gasteiger partial charge in [0.25, 0.3) is 5.69 Å². The summed E-state index contributed by atoms with van der Waals surface area (Å²) in [6.45, 7) is 4.82. The number of nitrogens with one attached hydrogen (secondary N) is 1. The molecule has 1 amide bonds. The number of non-ortho nitro benzene ring substituents is 1. The number of ether oxygens (including phenoxy) is 2. The molecule has 0 aromatic heterocycles. The molecule has 8 heteroatoms. The van der Waals surface area contributed by atoms with Crippen molar-refractivity contribution >= 4 is 17.8 Å². The van der Waals surface area contributed by atoms with Crippen LogP contribution in [0.1, 0.15) is 25.0 Å². The predicted octanol–water partition coefficient (Wildman–Crippen LogP) is 3.09. The fourth-order valence-corrected chi connectivity index (χ4v) is 2.29. The first-order valence-corrected chi connectivity index (χ1v) is 8.48. The topological polar surface area (TPSA) is 103 Å². The van der Waals surface area contributed by atoms with Gasteiger partial charge in [0.1, 0.15) is 0 Å². The molecule has 0 saturated carbocycles. The molecule has 0 aliphatic rings. The molecule has 2 aromatic carbocycles. The van der Waals surface area contributed by atoms with Gasteiger partial charge in [-0.1, -0.05) is 12.1 Å². The Morgan fingerprint density at radius 1 is 1.11 bits per heavy atom. The molecule has 0 atom stereocenters. The van der Waals surface area contributed by atoms with Gasteiger partial charge in [0.05, 0.1) is 30.8 Å². The van der Waals surface area contributed by atoms with Crippen molar-refractivity contribution in [3.8, 4) is 11.5 Å². The van der Waals surface area contributed by atoms with Gasteiger partial charge in [0.2, 0.25) is 5.91 Å². The first-order chi connectivity index (χ1) is 13.0. The molecular formula is C19H21N3O5. The highest BCUT2D eigenvalue weighted by atomic mass is 16.6. The Morgan fingerprint density at radius 3 is 2.41 bits per heavy atom. The van der Waals surface area contributed by atoms with Crippen LogP contribution in [0.4, 0.5) is 5.69 Å². The molecular weight excluding hydrogens is 350 g/mol. The molecule has 142 valence electrons. The monoisotopic (exact) mass is 371 g/mol. The highest BCUT2D eigenvalue weighted by molar-refractivity contribution is 5.84. The molecule has 0 spiro atoms. The molecule has 0 saturated heterocycles. The second-order valence-corrected chi connectivity index (χ2v) is 5.47. The predicted molar refractivity (Wildman–Crippen MR) is 101 cm³/mol. The van der Waals surface area contributed by atoms with Crippen LogP contribution in [0.5, 0.6) is 11.5 Å². The standard InChI is InChI=1S/C19H21N3O5/c1-3-26-17-10-7-15(11-18(17)27-4-2)13-20-21-19(23)12-14-5-8-16(9-6-14)22(24)25/h5-11,13H,3-4,12H2,1-2H3,(H,21,23)/b20-13-. The minimum atomic E-state index is -0.485. The number of carbonyl (C=O) groups is 1. The Balaban J connectivity index is 1.94. The van der Waals surface area contributed by atoms with Crippen LogP contribution >= 0.6 is 0 Å². The van der Waals surface area contributed by atoms with E-state index in [1.165, 1.54) is 18.3 Å². The average Bonchev–Trinajstić information content (AvgIpc) is 2.64. The van der Waals surface area contributed by atoms with Crippen LogP contribution in [-0.4, -0.2) is 30.3 Å². The lowest BCUT2D eigenvalue weighted by atomic mass is 10.1. The van der Waals surface area contributed by atoms with E-state index < -0.39 is 4.92 Å². The summed E-state index contributed by atoms with van der Waals surface area (Å²) in [6.07, 6.45) is 1.58. The third kappa shape index (κ3) is 6.10. The van der Waals surface area contributed by atoms with E-state index in [0.29, 0.717) is 30.3 Å². The van der Waals surface area contributed by atoms with Crippen LogP contribution in [0.25, 0.3) is 0 Å². The van der Waals surface area contributed by atoms with Crippen molar-refractivity contribution in [2.75, 3.05) is 13.2 Å². The summed E-state index contributed by atoms with van der Waals surface area (Å²) in [6, 6.07) is 11.2. The van der Waals surface area contributed by atoms with Crippen LogP contribution in [-0.2, 0) is 11.2 Å². The zero-order chi connectivity index (χ0) is 19.6. The van der Waals surface area contributed by atoms with Crippen molar-refractivity contribution in [3.05, 3.63) is 63.7 Å². The fraction of sp³-hybridized carbons (Fsp3) is 0.263. The first kappa shape index (κ1) is 19.9. The van der Waals surface area contributed by atoms with Crippen LogP contribution in [0, 0.1) is 10.1 Å². The highest BCUT2D eigenvalue weighted by Gasteiger charge is 2.07. The third-order valence-corrected chi connectivity index (χ3v) is 3.48. The summed E-state index contributed by atoms with van der Waals surface area (Å²) in [5.74, 6) is 0.940. The second kappa shape index (κ2) is 9.91. The second-order valence-electron chi connectivity index (χ2n) is 5.47. The molecule has 27 heavy (non-hydrogen) atoms. The Bertz CT molecular complexity index is 819. The molecule has 0 radical (unpaired) electrons.